The number of halogens is 2. The van der Waals surface area contributed by atoms with Crippen LogP contribution in [0.2, 0.25) is 5.02 Å². The first-order valence-corrected chi connectivity index (χ1v) is 9.87. The molecule has 0 aliphatic rings. The highest BCUT2D eigenvalue weighted by Crippen LogP contribution is 2.25. The number of anilines is 2. The highest BCUT2D eigenvalue weighted by Gasteiger charge is 2.14. The van der Waals surface area contributed by atoms with E-state index in [1.807, 2.05) is 0 Å². The lowest BCUT2D eigenvalue weighted by Crippen LogP contribution is -2.14. The van der Waals surface area contributed by atoms with Gasteiger partial charge in [-0.15, -0.1) is 11.3 Å². The number of rotatable bonds is 5. The summed E-state index contributed by atoms with van der Waals surface area (Å²) < 4.78 is 15.6. The molecule has 0 saturated carbocycles. The molecular weight excluding hydrogens is 429 g/mol. The standard InChI is InChI=1S/C20H13ClFN5O2S/c21-14-5-3-12(8-16(14)26-20(29)18-2-1-7-30-18)19(28)25-13-4-6-17(15(22)9-13)27-11-23-10-24-27/h1-11H,(H,25,28)(H,26,29). The Labute approximate surface area is 179 Å². The number of hydrogen-bond acceptors (Lipinski definition) is 5. The monoisotopic (exact) mass is 441 g/mol. The van der Waals surface area contributed by atoms with Gasteiger partial charge in [-0.3, -0.25) is 9.59 Å². The second-order valence-corrected chi connectivity index (χ2v) is 7.44. The third-order valence-electron chi connectivity index (χ3n) is 4.09. The number of amides is 2. The average Bonchev–Trinajstić information content (AvgIpc) is 3.44. The quantitative estimate of drug-likeness (QED) is 0.472. The molecule has 0 atom stereocenters. The Bertz CT molecular complexity index is 1210. The Morgan fingerprint density at radius 1 is 1.07 bits per heavy atom. The summed E-state index contributed by atoms with van der Waals surface area (Å²) in [6.45, 7) is 0. The van der Waals surface area contributed by atoms with Crippen molar-refractivity contribution in [3.05, 3.63) is 87.8 Å². The molecule has 2 N–H and O–H groups in total. The lowest BCUT2D eigenvalue weighted by molar-refractivity contribution is 0.101. The van der Waals surface area contributed by atoms with Crippen molar-refractivity contribution in [3.63, 3.8) is 0 Å². The van der Waals surface area contributed by atoms with Crippen molar-refractivity contribution in [3.8, 4) is 5.69 Å². The second kappa shape index (κ2) is 8.44. The number of nitrogens with one attached hydrogen (secondary N) is 2. The Morgan fingerprint density at radius 3 is 2.63 bits per heavy atom. The van der Waals surface area contributed by atoms with Crippen LogP contribution in [0.5, 0.6) is 0 Å². The molecule has 7 nitrogen and oxygen atoms in total. The van der Waals surface area contributed by atoms with E-state index in [0.29, 0.717) is 15.6 Å². The van der Waals surface area contributed by atoms with Crippen molar-refractivity contribution >= 4 is 46.1 Å². The third kappa shape index (κ3) is 4.22. The van der Waals surface area contributed by atoms with Crippen LogP contribution >= 0.6 is 22.9 Å². The van der Waals surface area contributed by atoms with Gasteiger partial charge in [0.05, 0.1) is 15.6 Å². The van der Waals surface area contributed by atoms with Crippen molar-refractivity contribution in [1.82, 2.24) is 14.8 Å². The molecule has 10 heteroatoms. The minimum atomic E-state index is -0.571. The van der Waals surface area contributed by atoms with Crippen LogP contribution in [-0.2, 0) is 0 Å². The lowest BCUT2D eigenvalue weighted by Gasteiger charge is -2.10. The van der Waals surface area contributed by atoms with Gasteiger partial charge >= 0.3 is 0 Å². The molecule has 150 valence electrons. The van der Waals surface area contributed by atoms with E-state index in [-0.39, 0.29) is 22.8 Å². The number of hydrogen-bond donors (Lipinski definition) is 2. The molecule has 0 spiro atoms. The molecule has 0 fully saturated rings. The maximum absolute atomic E-state index is 14.4. The van der Waals surface area contributed by atoms with Crippen LogP contribution < -0.4 is 10.6 Å². The van der Waals surface area contributed by atoms with Gasteiger partial charge in [-0.1, -0.05) is 17.7 Å². The minimum Gasteiger partial charge on any atom is -0.322 e. The van der Waals surface area contributed by atoms with E-state index in [9.17, 15) is 14.0 Å². The molecule has 4 aromatic rings. The summed E-state index contributed by atoms with van der Waals surface area (Å²) in [5.41, 5.74) is 1.02. The molecule has 4 rings (SSSR count). The largest absolute Gasteiger partial charge is 0.322 e. The normalized spacial score (nSPS) is 10.6. The van der Waals surface area contributed by atoms with Gasteiger partial charge in [0.15, 0.2) is 5.82 Å². The van der Waals surface area contributed by atoms with Crippen LogP contribution in [0, 0.1) is 5.82 Å². The van der Waals surface area contributed by atoms with E-state index in [4.69, 9.17) is 11.6 Å². The van der Waals surface area contributed by atoms with E-state index >= 15 is 0 Å². The van der Waals surface area contributed by atoms with Crippen molar-refractivity contribution < 1.29 is 14.0 Å². The van der Waals surface area contributed by atoms with Crippen LogP contribution in [0.4, 0.5) is 15.8 Å². The summed E-state index contributed by atoms with van der Waals surface area (Å²) in [7, 11) is 0. The molecule has 2 amide bonds. The molecule has 30 heavy (non-hydrogen) atoms. The van der Waals surface area contributed by atoms with Crippen LogP contribution in [0.3, 0.4) is 0 Å². The summed E-state index contributed by atoms with van der Waals surface area (Å²) in [4.78, 5) is 29.2. The lowest BCUT2D eigenvalue weighted by atomic mass is 10.1. The topological polar surface area (TPSA) is 88.9 Å². The molecule has 0 aliphatic heterocycles. The molecule has 2 aromatic heterocycles. The predicted octanol–water partition coefficient (Wildman–Crippen LogP) is 4.63. The van der Waals surface area contributed by atoms with Gasteiger partial charge in [0.25, 0.3) is 11.8 Å². The molecule has 0 unspecified atom stereocenters. The van der Waals surface area contributed by atoms with Gasteiger partial charge < -0.3 is 10.6 Å². The summed E-state index contributed by atoms with van der Waals surface area (Å²) in [6.07, 6.45) is 2.67. The highest BCUT2D eigenvalue weighted by atomic mass is 35.5. The first-order valence-electron chi connectivity index (χ1n) is 8.61. The minimum absolute atomic E-state index is 0.204. The van der Waals surface area contributed by atoms with Crippen LogP contribution in [0.1, 0.15) is 20.0 Å². The Hall–Kier alpha value is -3.56. The summed E-state index contributed by atoms with van der Waals surface area (Å²) in [6, 6.07) is 12.1. The molecule has 0 saturated heterocycles. The van der Waals surface area contributed by atoms with E-state index in [0.717, 1.165) is 0 Å². The summed E-state index contributed by atoms with van der Waals surface area (Å²) in [5.74, 6) is -1.38. The fourth-order valence-electron chi connectivity index (χ4n) is 2.66. The molecular formula is C20H13ClFN5O2S. The number of benzene rings is 2. The van der Waals surface area contributed by atoms with Gasteiger partial charge in [0, 0.05) is 11.3 Å². The Morgan fingerprint density at radius 2 is 1.93 bits per heavy atom. The summed E-state index contributed by atoms with van der Waals surface area (Å²) >= 11 is 7.44. The zero-order valence-corrected chi connectivity index (χ0v) is 16.7. The van der Waals surface area contributed by atoms with Crippen LogP contribution in [0.15, 0.2) is 66.6 Å². The first-order chi connectivity index (χ1) is 14.5. The molecule has 0 radical (unpaired) electrons. The molecule has 0 aliphatic carbocycles. The predicted molar refractivity (Wildman–Crippen MR) is 113 cm³/mol. The second-order valence-electron chi connectivity index (χ2n) is 6.09. The van der Waals surface area contributed by atoms with Crippen LogP contribution in [-0.4, -0.2) is 26.6 Å². The van der Waals surface area contributed by atoms with Gasteiger partial charge in [0.1, 0.15) is 18.3 Å². The van der Waals surface area contributed by atoms with Crippen molar-refractivity contribution in [1.29, 1.82) is 0 Å². The van der Waals surface area contributed by atoms with Gasteiger partial charge in [-0.05, 0) is 47.8 Å². The third-order valence-corrected chi connectivity index (χ3v) is 5.29. The molecule has 0 bridgehead atoms. The van der Waals surface area contributed by atoms with E-state index < -0.39 is 11.7 Å². The maximum Gasteiger partial charge on any atom is 0.265 e. The first kappa shape index (κ1) is 19.7. The zero-order chi connectivity index (χ0) is 21.1. The highest BCUT2D eigenvalue weighted by molar-refractivity contribution is 7.12. The molecule has 2 aromatic carbocycles. The van der Waals surface area contributed by atoms with Crippen molar-refractivity contribution in [2.45, 2.75) is 0 Å². The number of carbonyl (C=O) groups is 2. The number of carbonyl (C=O) groups excluding carboxylic acids is 2. The Balaban J connectivity index is 1.51. The zero-order valence-electron chi connectivity index (χ0n) is 15.2. The smallest absolute Gasteiger partial charge is 0.265 e. The van der Waals surface area contributed by atoms with Gasteiger partial charge in [0.2, 0.25) is 0 Å². The number of aromatic nitrogens is 3. The summed E-state index contributed by atoms with van der Waals surface area (Å²) in [5, 5.41) is 11.3. The van der Waals surface area contributed by atoms with Gasteiger partial charge in [-0.25, -0.2) is 14.1 Å². The fraction of sp³-hybridized carbons (Fsp3) is 0. The van der Waals surface area contributed by atoms with Crippen LogP contribution in [0.25, 0.3) is 5.69 Å². The maximum atomic E-state index is 14.4. The van der Waals surface area contributed by atoms with Crippen molar-refractivity contribution in [2.75, 3.05) is 10.6 Å². The fourth-order valence-corrected chi connectivity index (χ4v) is 3.44. The average molecular weight is 442 g/mol. The number of thiophene rings is 1. The van der Waals surface area contributed by atoms with E-state index in [1.54, 1.807) is 23.6 Å². The molecule has 2 heterocycles. The van der Waals surface area contributed by atoms with Crippen molar-refractivity contribution in [2.24, 2.45) is 0 Å². The Kier molecular flexibility index (Phi) is 5.55. The van der Waals surface area contributed by atoms with Gasteiger partial charge in [-0.2, -0.15) is 5.10 Å². The SMILES string of the molecule is O=C(Nc1ccc(-n2cncn2)c(F)c1)c1ccc(Cl)c(NC(=O)c2cccs2)c1. The van der Waals surface area contributed by atoms with E-state index in [1.165, 1.54) is 59.0 Å². The number of nitrogens with zero attached hydrogens (tertiary/aromatic N) is 3. The van der Waals surface area contributed by atoms with E-state index in [2.05, 4.69) is 20.7 Å².